The molecule has 2 rings (SSSR count). The van der Waals surface area contributed by atoms with Gasteiger partial charge in [-0.25, -0.2) is 0 Å². The molecule has 1 aromatic rings. The van der Waals surface area contributed by atoms with E-state index in [1.54, 1.807) is 0 Å². The Bertz CT molecular complexity index is 443. The first-order valence-corrected chi connectivity index (χ1v) is 6.26. The number of benzene rings is 1. The molecule has 1 aliphatic heterocycles. The van der Waals surface area contributed by atoms with Crippen LogP contribution in [0.3, 0.4) is 0 Å². The minimum atomic E-state index is -1.05. The minimum Gasteiger partial charge on any atom is -0.480 e. The number of aliphatic carboxylic acids is 1. The molecule has 3 N–H and O–H groups in total. The van der Waals surface area contributed by atoms with Crippen molar-refractivity contribution in [3.05, 3.63) is 29.3 Å². The van der Waals surface area contributed by atoms with Crippen LogP contribution in [0.15, 0.2) is 18.2 Å². The summed E-state index contributed by atoms with van der Waals surface area (Å²) in [5.41, 5.74) is 8.46. The third-order valence-corrected chi connectivity index (χ3v) is 3.65. The van der Waals surface area contributed by atoms with Crippen molar-refractivity contribution < 1.29 is 9.90 Å². The van der Waals surface area contributed by atoms with E-state index >= 15 is 0 Å². The molecule has 0 atom stereocenters. The predicted octanol–water partition coefficient (Wildman–Crippen LogP) is 1.69. The number of carboxylic acids is 1. The Morgan fingerprint density at radius 1 is 1.22 bits per heavy atom. The molecule has 1 aliphatic rings. The van der Waals surface area contributed by atoms with Crippen molar-refractivity contribution in [3.8, 4) is 0 Å². The maximum atomic E-state index is 11.1. The van der Waals surface area contributed by atoms with E-state index in [1.165, 1.54) is 16.8 Å². The van der Waals surface area contributed by atoms with E-state index in [9.17, 15) is 4.79 Å². The highest BCUT2D eigenvalue weighted by atomic mass is 16.4. The first kappa shape index (κ1) is 12.9. The number of rotatable bonds is 2. The highest BCUT2D eigenvalue weighted by Gasteiger charge is 2.37. The summed E-state index contributed by atoms with van der Waals surface area (Å²) in [4.78, 5) is 13.3. The summed E-state index contributed by atoms with van der Waals surface area (Å²) in [6, 6.07) is 6.41. The van der Waals surface area contributed by atoms with Gasteiger partial charge in [-0.3, -0.25) is 4.79 Å². The van der Waals surface area contributed by atoms with E-state index in [1.807, 2.05) is 0 Å². The van der Waals surface area contributed by atoms with Crippen LogP contribution in [0.2, 0.25) is 0 Å². The van der Waals surface area contributed by atoms with E-state index < -0.39 is 11.5 Å². The van der Waals surface area contributed by atoms with Crippen molar-refractivity contribution in [2.75, 3.05) is 18.0 Å². The molecule has 98 valence electrons. The van der Waals surface area contributed by atoms with Gasteiger partial charge in [0.2, 0.25) is 0 Å². The van der Waals surface area contributed by atoms with Crippen LogP contribution in [0.25, 0.3) is 0 Å². The van der Waals surface area contributed by atoms with E-state index in [2.05, 4.69) is 36.9 Å². The second-order valence-corrected chi connectivity index (χ2v) is 5.29. The molecule has 18 heavy (non-hydrogen) atoms. The fourth-order valence-electron chi connectivity index (χ4n) is 2.51. The van der Waals surface area contributed by atoms with Gasteiger partial charge >= 0.3 is 5.97 Å². The number of hydrogen-bond donors (Lipinski definition) is 2. The summed E-state index contributed by atoms with van der Waals surface area (Å²) in [6.45, 7) is 5.55. The van der Waals surface area contributed by atoms with Crippen molar-refractivity contribution in [2.24, 2.45) is 5.73 Å². The molecule has 0 spiro atoms. The van der Waals surface area contributed by atoms with Gasteiger partial charge < -0.3 is 15.7 Å². The first-order chi connectivity index (χ1) is 8.40. The third kappa shape index (κ3) is 2.48. The van der Waals surface area contributed by atoms with E-state index in [-0.39, 0.29) is 0 Å². The number of piperidine rings is 1. The van der Waals surface area contributed by atoms with Gasteiger partial charge in [0.1, 0.15) is 5.54 Å². The number of nitrogens with zero attached hydrogens (tertiary/aromatic N) is 1. The Labute approximate surface area is 107 Å². The van der Waals surface area contributed by atoms with Gasteiger partial charge in [-0.2, -0.15) is 0 Å². The lowest BCUT2D eigenvalue weighted by Crippen LogP contribution is -2.55. The smallest absolute Gasteiger partial charge is 0.323 e. The lowest BCUT2D eigenvalue weighted by Gasteiger charge is -2.37. The van der Waals surface area contributed by atoms with Crippen LogP contribution in [-0.2, 0) is 4.79 Å². The summed E-state index contributed by atoms with van der Waals surface area (Å²) in [7, 11) is 0. The van der Waals surface area contributed by atoms with Crippen LogP contribution in [0.5, 0.6) is 0 Å². The molecule has 0 aromatic heterocycles. The molecule has 1 heterocycles. The van der Waals surface area contributed by atoms with Crippen molar-refractivity contribution in [2.45, 2.75) is 32.2 Å². The zero-order valence-electron chi connectivity index (χ0n) is 10.9. The standard InChI is InChI=1S/C14H20N2O2/c1-10-7-11(2)9-12(8-10)16-5-3-14(15,4-6-16)13(17)18/h7-9H,3-6,15H2,1-2H3,(H,17,18). The average molecular weight is 248 g/mol. The summed E-state index contributed by atoms with van der Waals surface area (Å²) in [5.74, 6) is -0.887. The first-order valence-electron chi connectivity index (χ1n) is 6.26. The molecule has 0 radical (unpaired) electrons. The van der Waals surface area contributed by atoms with Gasteiger partial charge in [0.05, 0.1) is 0 Å². The Hall–Kier alpha value is -1.55. The molecule has 1 fully saturated rings. The van der Waals surface area contributed by atoms with Crippen LogP contribution >= 0.6 is 0 Å². The summed E-state index contributed by atoms with van der Waals surface area (Å²) in [6.07, 6.45) is 0.991. The lowest BCUT2D eigenvalue weighted by atomic mass is 9.88. The summed E-state index contributed by atoms with van der Waals surface area (Å²) >= 11 is 0. The zero-order valence-corrected chi connectivity index (χ0v) is 10.9. The molecule has 0 amide bonds. The van der Waals surface area contributed by atoms with E-state index in [0.717, 1.165) is 0 Å². The fourth-order valence-corrected chi connectivity index (χ4v) is 2.51. The maximum absolute atomic E-state index is 11.1. The fraction of sp³-hybridized carbons (Fsp3) is 0.500. The van der Waals surface area contributed by atoms with Crippen LogP contribution < -0.4 is 10.6 Å². The van der Waals surface area contributed by atoms with Gasteiger partial charge in [-0.1, -0.05) is 6.07 Å². The van der Waals surface area contributed by atoms with Crippen LogP contribution in [0.4, 0.5) is 5.69 Å². The van der Waals surface area contributed by atoms with Gasteiger partial charge in [0, 0.05) is 18.8 Å². The normalized spacial score (nSPS) is 18.7. The quantitative estimate of drug-likeness (QED) is 0.835. The second-order valence-electron chi connectivity index (χ2n) is 5.29. The Kier molecular flexibility index (Phi) is 3.30. The van der Waals surface area contributed by atoms with Crippen LogP contribution in [0, 0.1) is 13.8 Å². The number of carboxylic acid groups (broad SMARTS) is 1. The number of anilines is 1. The average Bonchev–Trinajstić information content (AvgIpc) is 2.28. The van der Waals surface area contributed by atoms with Crippen LogP contribution in [0.1, 0.15) is 24.0 Å². The van der Waals surface area contributed by atoms with Gasteiger partial charge in [-0.05, 0) is 49.9 Å². The molecule has 4 nitrogen and oxygen atoms in total. The molecule has 0 aliphatic carbocycles. The van der Waals surface area contributed by atoms with E-state index in [0.29, 0.717) is 25.9 Å². The Morgan fingerprint density at radius 3 is 2.17 bits per heavy atom. The zero-order chi connectivity index (χ0) is 13.3. The van der Waals surface area contributed by atoms with Gasteiger partial charge in [0.15, 0.2) is 0 Å². The summed E-state index contributed by atoms with van der Waals surface area (Å²) < 4.78 is 0. The Morgan fingerprint density at radius 2 is 1.72 bits per heavy atom. The predicted molar refractivity (Wildman–Crippen MR) is 71.9 cm³/mol. The molecule has 4 heteroatoms. The Balaban J connectivity index is 2.12. The van der Waals surface area contributed by atoms with Crippen molar-refractivity contribution in [3.63, 3.8) is 0 Å². The largest absolute Gasteiger partial charge is 0.480 e. The van der Waals surface area contributed by atoms with E-state index in [4.69, 9.17) is 10.8 Å². The molecule has 1 saturated heterocycles. The number of nitrogens with two attached hydrogens (primary N) is 1. The van der Waals surface area contributed by atoms with Crippen molar-refractivity contribution in [1.29, 1.82) is 0 Å². The molecular formula is C14H20N2O2. The third-order valence-electron chi connectivity index (χ3n) is 3.65. The molecular weight excluding hydrogens is 228 g/mol. The highest BCUT2D eigenvalue weighted by Crippen LogP contribution is 2.26. The monoisotopic (exact) mass is 248 g/mol. The maximum Gasteiger partial charge on any atom is 0.323 e. The van der Waals surface area contributed by atoms with Crippen molar-refractivity contribution >= 4 is 11.7 Å². The minimum absolute atomic E-state index is 0.495. The van der Waals surface area contributed by atoms with Crippen molar-refractivity contribution in [1.82, 2.24) is 0 Å². The SMILES string of the molecule is Cc1cc(C)cc(N2CCC(N)(C(=O)O)CC2)c1. The van der Waals surface area contributed by atoms with Crippen LogP contribution in [-0.4, -0.2) is 29.7 Å². The van der Waals surface area contributed by atoms with Gasteiger partial charge in [0.25, 0.3) is 0 Å². The topological polar surface area (TPSA) is 66.6 Å². The molecule has 0 unspecified atom stereocenters. The van der Waals surface area contributed by atoms with Gasteiger partial charge in [-0.15, -0.1) is 0 Å². The summed E-state index contributed by atoms with van der Waals surface area (Å²) in [5, 5.41) is 9.10. The molecule has 1 aromatic carbocycles. The molecule has 0 bridgehead atoms. The number of hydrogen-bond acceptors (Lipinski definition) is 3. The highest BCUT2D eigenvalue weighted by molar-refractivity contribution is 5.79. The number of aryl methyl sites for hydroxylation is 2. The lowest BCUT2D eigenvalue weighted by molar-refractivity contribution is -0.144. The molecule has 0 saturated carbocycles. The number of carbonyl (C=O) groups is 1. The second kappa shape index (κ2) is 4.61.